The van der Waals surface area contributed by atoms with Crippen molar-refractivity contribution in [3.8, 4) is 0 Å². The number of amides is 1. The summed E-state index contributed by atoms with van der Waals surface area (Å²) in [6.45, 7) is 3.67. The third kappa shape index (κ3) is 3.22. The van der Waals surface area contributed by atoms with Crippen LogP contribution < -0.4 is 0 Å². The van der Waals surface area contributed by atoms with E-state index in [4.69, 9.17) is 0 Å². The molecular formula is C21H27N3O. The molecule has 4 rings (SSSR count). The highest BCUT2D eigenvalue weighted by Crippen LogP contribution is 2.28. The molecule has 0 N–H and O–H groups in total. The number of aromatic nitrogens is 2. The Hall–Kier alpha value is -2.10. The molecule has 2 aliphatic rings. The Morgan fingerprint density at radius 1 is 1.16 bits per heavy atom. The number of piperidine rings is 1. The Labute approximate surface area is 149 Å². The van der Waals surface area contributed by atoms with Crippen LogP contribution in [0.4, 0.5) is 0 Å². The van der Waals surface area contributed by atoms with E-state index in [2.05, 4.69) is 34.9 Å². The first kappa shape index (κ1) is 16.4. The van der Waals surface area contributed by atoms with Gasteiger partial charge in [-0.1, -0.05) is 6.07 Å². The lowest BCUT2D eigenvalue weighted by atomic mass is 9.90. The van der Waals surface area contributed by atoms with Crippen LogP contribution in [0.2, 0.25) is 0 Å². The van der Waals surface area contributed by atoms with Gasteiger partial charge < -0.3 is 9.47 Å². The topological polar surface area (TPSA) is 38.1 Å². The minimum atomic E-state index is 0.184. The lowest BCUT2D eigenvalue weighted by molar-refractivity contribution is 0.0703. The predicted molar refractivity (Wildman–Crippen MR) is 98.9 cm³/mol. The van der Waals surface area contributed by atoms with E-state index in [-0.39, 0.29) is 5.91 Å². The summed E-state index contributed by atoms with van der Waals surface area (Å²) in [6, 6.07) is 6.34. The molecule has 1 unspecified atom stereocenters. The monoisotopic (exact) mass is 337 g/mol. The van der Waals surface area contributed by atoms with Gasteiger partial charge in [-0.2, -0.15) is 0 Å². The molecule has 2 heterocycles. The van der Waals surface area contributed by atoms with E-state index in [0.717, 1.165) is 55.9 Å². The van der Waals surface area contributed by atoms with Crippen molar-refractivity contribution in [2.24, 2.45) is 7.05 Å². The predicted octanol–water partition coefficient (Wildman–Crippen LogP) is 3.63. The number of imidazole rings is 1. The fourth-order valence-electron chi connectivity index (χ4n) is 4.44. The highest BCUT2D eigenvalue weighted by atomic mass is 16.2. The normalized spacial score (nSPS) is 20.4. The van der Waals surface area contributed by atoms with Crippen LogP contribution in [-0.4, -0.2) is 33.4 Å². The molecule has 4 heteroatoms. The van der Waals surface area contributed by atoms with Gasteiger partial charge in [-0.3, -0.25) is 4.79 Å². The van der Waals surface area contributed by atoms with Crippen LogP contribution in [0.5, 0.6) is 0 Å². The smallest absolute Gasteiger partial charge is 0.253 e. The number of carbonyl (C=O) groups is 1. The number of nitrogens with zero attached hydrogens (tertiary/aromatic N) is 3. The molecule has 4 nitrogen and oxygen atoms in total. The van der Waals surface area contributed by atoms with Gasteiger partial charge >= 0.3 is 0 Å². The molecule has 1 amide bonds. The second-order valence-corrected chi connectivity index (χ2v) is 7.63. The summed E-state index contributed by atoms with van der Waals surface area (Å²) in [5.74, 6) is 1.64. The van der Waals surface area contributed by atoms with Crippen LogP contribution in [0, 0.1) is 6.92 Å². The van der Waals surface area contributed by atoms with Crippen LogP contribution in [-0.2, 0) is 19.9 Å². The quantitative estimate of drug-likeness (QED) is 0.839. The molecule has 0 radical (unpaired) electrons. The maximum absolute atomic E-state index is 13.1. The van der Waals surface area contributed by atoms with E-state index < -0.39 is 0 Å². The summed E-state index contributed by atoms with van der Waals surface area (Å²) >= 11 is 0. The van der Waals surface area contributed by atoms with Crippen LogP contribution in [0.1, 0.15) is 64.6 Å². The second kappa shape index (κ2) is 6.66. The van der Waals surface area contributed by atoms with Gasteiger partial charge in [-0.25, -0.2) is 4.98 Å². The molecule has 0 saturated carbocycles. The lowest BCUT2D eigenvalue weighted by Crippen LogP contribution is -2.39. The molecule has 0 bridgehead atoms. The number of aryl methyl sites for hydroxylation is 4. The van der Waals surface area contributed by atoms with Gasteiger partial charge in [0.2, 0.25) is 0 Å². The molecule has 1 aliphatic carbocycles. The Morgan fingerprint density at radius 3 is 2.72 bits per heavy atom. The number of rotatable bonds is 2. The van der Waals surface area contributed by atoms with E-state index in [9.17, 15) is 4.79 Å². The van der Waals surface area contributed by atoms with Gasteiger partial charge in [0.15, 0.2) is 0 Å². The minimum Gasteiger partial charge on any atom is -0.338 e. The van der Waals surface area contributed by atoms with E-state index >= 15 is 0 Å². The molecule has 2 aromatic rings. The molecule has 0 spiro atoms. The number of carbonyl (C=O) groups excluding carboxylic acids is 1. The first-order chi connectivity index (χ1) is 12.1. The van der Waals surface area contributed by atoms with Gasteiger partial charge in [0, 0.05) is 37.8 Å². The molecule has 25 heavy (non-hydrogen) atoms. The number of hydrogen-bond donors (Lipinski definition) is 0. The molecule has 132 valence electrons. The summed E-state index contributed by atoms with van der Waals surface area (Å²) < 4.78 is 2.12. The molecule has 1 aromatic carbocycles. The SMILES string of the molecule is Cc1cn(C)c(C2CCCN(C(=O)c3ccc4c(c3)CCCC4)C2)n1. The average Bonchev–Trinajstić information content (AvgIpc) is 2.99. The summed E-state index contributed by atoms with van der Waals surface area (Å²) in [6.07, 6.45) is 9.02. The van der Waals surface area contributed by atoms with Crippen LogP contribution >= 0.6 is 0 Å². The molecular weight excluding hydrogens is 310 g/mol. The fraction of sp³-hybridized carbons (Fsp3) is 0.524. The Bertz CT molecular complexity index is 792. The minimum absolute atomic E-state index is 0.184. The van der Waals surface area contributed by atoms with Crippen LogP contribution in [0.15, 0.2) is 24.4 Å². The summed E-state index contributed by atoms with van der Waals surface area (Å²) in [4.78, 5) is 19.8. The van der Waals surface area contributed by atoms with Crippen molar-refractivity contribution < 1.29 is 4.79 Å². The summed E-state index contributed by atoms with van der Waals surface area (Å²) in [5.41, 5.74) is 4.72. The second-order valence-electron chi connectivity index (χ2n) is 7.63. The molecule has 1 fully saturated rings. The Balaban J connectivity index is 1.53. The van der Waals surface area contributed by atoms with Crippen molar-refractivity contribution in [3.05, 3.63) is 52.6 Å². The van der Waals surface area contributed by atoms with Crippen molar-refractivity contribution in [1.29, 1.82) is 0 Å². The molecule has 1 aromatic heterocycles. The van der Waals surface area contributed by atoms with E-state index in [1.165, 1.54) is 24.0 Å². The largest absolute Gasteiger partial charge is 0.338 e. The third-order valence-electron chi connectivity index (χ3n) is 5.70. The number of benzene rings is 1. The lowest BCUT2D eigenvalue weighted by Gasteiger charge is -2.32. The van der Waals surface area contributed by atoms with Crippen molar-refractivity contribution in [1.82, 2.24) is 14.5 Å². The van der Waals surface area contributed by atoms with Crippen molar-refractivity contribution >= 4 is 5.91 Å². The number of hydrogen-bond acceptors (Lipinski definition) is 2. The maximum Gasteiger partial charge on any atom is 0.253 e. The maximum atomic E-state index is 13.1. The first-order valence-electron chi connectivity index (χ1n) is 9.53. The van der Waals surface area contributed by atoms with Crippen LogP contribution in [0.3, 0.4) is 0 Å². The van der Waals surface area contributed by atoms with Crippen molar-refractivity contribution in [2.75, 3.05) is 13.1 Å². The van der Waals surface area contributed by atoms with Gasteiger partial charge in [0.1, 0.15) is 5.82 Å². The molecule has 1 saturated heterocycles. The first-order valence-corrected chi connectivity index (χ1v) is 9.53. The average molecular weight is 337 g/mol. The van der Waals surface area contributed by atoms with Gasteiger partial charge in [-0.15, -0.1) is 0 Å². The molecule has 1 atom stereocenters. The van der Waals surface area contributed by atoms with Gasteiger partial charge in [-0.05, 0) is 68.7 Å². The number of likely N-dealkylation sites (tertiary alicyclic amines) is 1. The standard InChI is InChI=1S/C21H27N3O/c1-15-13-23(2)20(22-15)19-8-5-11-24(14-19)21(25)18-10-9-16-6-3-4-7-17(16)12-18/h9-10,12-13,19H,3-8,11,14H2,1-2H3. The van der Waals surface area contributed by atoms with Crippen molar-refractivity contribution in [2.45, 2.75) is 51.4 Å². The Kier molecular flexibility index (Phi) is 4.36. The van der Waals surface area contributed by atoms with Crippen molar-refractivity contribution in [3.63, 3.8) is 0 Å². The zero-order chi connectivity index (χ0) is 17.4. The number of fused-ring (bicyclic) bond motifs is 1. The highest BCUT2D eigenvalue weighted by molar-refractivity contribution is 5.94. The van der Waals surface area contributed by atoms with E-state index in [0.29, 0.717) is 5.92 Å². The zero-order valence-electron chi connectivity index (χ0n) is 15.3. The third-order valence-corrected chi connectivity index (χ3v) is 5.70. The zero-order valence-corrected chi connectivity index (χ0v) is 15.3. The fourth-order valence-corrected chi connectivity index (χ4v) is 4.44. The van der Waals surface area contributed by atoms with E-state index in [1.807, 2.05) is 17.9 Å². The van der Waals surface area contributed by atoms with Crippen LogP contribution in [0.25, 0.3) is 0 Å². The van der Waals surface area contributed by atoms with Gasteiger partial charge in [0.25, 0.3) is 5.91 Å². The van der Waals surface area contributed by atoms with Gasteiger partial charge in [0.05, 0.1) is 5.69 Å². The Morgan fingerprint density at radius 2 is 1.96 bits per heavy atom. The summed E-state index contributed by atoms with van der Waals surface area (Å²) in [7, 11) is 2.06. The van der Waals surface area contributed by atoms with E-state index in [1.54, 1.807) is 0 Å². The highest BCUT2D eigenvalue weighted by Gasteiger charge is 2.28. The molecule has 1 aliphatic heterocycles. The summed E-state index contributed by atoms with van der Waals surface area (Å²) in [5, 5.41) is 0.